The van der Waals surface area contributed by atoms with Crippen molar-refractivity contribution in [2.45, 2.75) is 10.1 Å². The van der Waals surface area contributed by atoms with Crippen LogP contribution in [0.25, 0.3) is 10.9 Å². The van der Waals surface area contributed by atoms with Crippen LogP contribution in [-0.4, -0.2) is 19.7 Å². The summed E-state index contributed by atoms with van der Waals surface area (Å²) in [5.41, 5.74) is 7.01. The van der Waals surface area contributed by atoms with Crippen LogP contribution >= 0.6 is 11.8 Å². The normalized spacial score (nSPS) is 11.0. The van der Waals surface area contributed by atoms with Gasteiger partial charge in [-0.2, -0.15) is 0 Å². The van der Waals surface area contributed by atoms with Crippen molar-refractivity contribution in [3.8, 4) is 0 Å². The Morgan fingerprint density at radius 2 is 2.21 bits per heavy atom. The molecule has 2 aromatic heterocycles. The Labute approximate surface area is 112 Å². The number of hydrogen-bond acceptors (Lipinski definition) is 5. The van der Waals surface area contributed by atoms with Crippen LogP contribution in [0.5, 0.6) is 0 Å². The SMILES string of the molecule is Cn1c(Sc2ccnc3cc(N)ccc23)n[nH]c1=O. The van der Waals surface area contributed by atoms with Gasteiger partial charge in [0.15, 0.2) is 5.16 Å². The first kappa shape index (κ1) is 11.8. The van der Waals surface area contributed by atoms with Crippen LogP contribution in [0.3, 0.4) is 0 Å². The smallest absolute Gasteiger partial charge is 0.343 e. The number of fused-ring (bicyclic) bond motifs is 1. The molecule has 0 aliphatic carbocycles. The van der Waals surface area contributed by atoms with Crippen molar-refractivity contribution in [2.24, 2.45) is 7.05 Å². The molecule has 1 aromatic carbocycles. The van der Waals surface area contributed by atoms with E-state index in [0.717, 1.165) is 15.8 Å². The van der Waals surface area contributed by atoms with Crippen molar-refractivity contribution < 1.29 is 0 Å². The molecule has 0 bridgehead atoms. The molecular formula is C12H11N5OS. The van der Waals surface area contributed by atoms with E-state index in [9.17, 15) is 4.79 Å². The number of H-pyrrole nitrogens is 1. The van der Waals surface area contributed by atoms with Crippen LogP contribution in [0, 0.1) is 0 Å². The molecule has 0 amide bonds. The quantitative estimate of drug-likeness (QED) is 0.689. The molecular weight excluding hydrogens is 262 g/mol. The minimum absolute atomic E-state index is 0.231. The first-order valence-electron chi connectivity index (χ1n) is 5.58. The summed E-state index contributed by atoms with van der Waals surface area (Å²) in [6.45, 7) is 0. The number of hydrogen-bond donors (Lipinski definition) is 2. The van der Waals surface area contributed by atoms with Crippen LogP contribution < -0.4 is 11.4 Å². The van der Waals surface area contributed by atoms with Gasteiger partial charge in [-0.1, -0.05) is 0 Å². The highest BCUT2D eigenvalue weighted by Crippen LogP contribution is 2.31. The van der Waals surface area contributed by atoms with Crippen LogP contribution in [-0.2, 0) is 7.05 Å². The number of aromatic amines is 1. The zero-order valence-corrected chi connectivity index (χ0v) is 10.9. The molecule has 3 aromatic rings. The summed E-state index contributed by atoms with van der Waals surface area (Å²) in [6, 6.07) is 7.47. The molecule has 0 atom stereocenters. The molecule has 0 saturated carbocycles. The minimum atomic E-state index is -0.231. The predicted octanol–water partition coefficient (Wildman–Crippen LogP) is 1.39. The third kappa shape index (κ3) is 2.08. The lowest BCUT2D eigenvalue weighted by Gasteiger charge is -2.05. The minimum Gasteiger partial charge on any atom is -0.399 e. The molecule has 0 radical (unpaired) electrons. The Hall–Kier alpha value is -2.28. The van der Waals surface area contributed by atoms with Crippen molar-refractivity contribution in [1.29, 1.82) is 0 Å². The summed E-state index contributed by atoms with van der Waals surface area (Å²) in [5.74, 6) is 0. The van der Waals surface area contributed by atoms with E-state index < -0.39 is 0 Å². The second-order valence-corrected chi connectivity index (χ2v) is 5.07. The molecule has 7 heteroatoms. The van der Waals surface area contributed by atoms with Crippen molar-refractivity contribution in [3.05, 3.63) is 40.9 Å². The van der Waals surface area contributed by atoms with Gasteiger partial charge >= 0.3 is 5.69 Å². The molecule has 0 saturated heterocycles. The van der Waals surface area contributed by atoms with Crippen molar-refractivity contribution in [3.63, 3.8) is 0 Å². The lowest BCUT2D eigenvalue weighted by Crippen LogP contribution is -2.12. The first-order chi connectivity index (χ1) is 9.15. The molecule has 0 spiro atoms. The molecule has 0 aliphatic heterocycles. The summed E-state index contributed by atoms with van der Waals surface area (Å²) in [5, 5.41) is 7.98. The number of benzene rings is 1. The van der Waals surface area contributed by atoms with Crippen molar-refractivity contribution >= 4 is 28.4 Å². The van der Waals surface area contributed by atoms with E-state index in [2.05, 4.69) is 15.2 Å². The number of nitrogen functional groups attached to an aromatic ring is 1. The average molecular weight is 273 g/mol. The van der Waals surface area contributed by atoms with E-state index in [0.29, 0.717) is 10.8 Å². The molecule has 2 heterocycles. The molecule has 0 unspecified atom stereocenters. The standard InChI is InChI=1S/C12H11N5OS/c1-17-11(18)15-16-12(17)19-10-4-5-14-9-6-7(13)2-3-8(9)10/h2-6H,13H2,1H3,(H,15,18). The summed E-state index contributed by atoms with van der Waals surface area (Å²) in [7, 11) is 1.68. The zero-order valence-electron chi connectivity index (χ0n) is 10.1. The average Bonchev–Trinajstić information content (AvgIpc) is 2.71. The third-order valence-corrected chi connectivity index (χ3v) is 3.89. The Balaban J connectivity index is 2.10. The van der Waals surface area contributed by atoms with E-state index in [1.807, 2.05) is 24.3 Å². The highest BCUT2D eigenvalue weighted by atomic mass is 32.2. The maximum absolute atomic E-state index is 11.3. The summed E-state index contributed by atoms with van der Waals surface area (Å²) >= 11 is 1.41. The lowest BCUT2D eigenvalue weighted by atomic mass is 10.2. The Bertz CT molecular complexity index is 807. The summed E-state index contributed by atoms with van der Waals surface area (Å²) < 4.78 is 1.47. The highest BCUT2D eigenvalue weighted by Gasteiger charge is 2.09. The Morgan fingerprint density at radius 1 is 1.37 bits per heavy atom. The van der Waals surface area contributed by atoms with Gasteiger partial charge in [0.1, 0.15) is 0 Å². The Morgan fingerprint density at radius 3 is 2.95 bits per heavy atom. The van der Waals surface area contributed by atoms with E-state index in [1.165, 1.54) is 16.3 Å². The fraction of sp³-hybridized carbons (Fsp3) is 0.0833. The molecule has 3 N–H and O–H groups in total. The fourth-order valence-corrected chi connectivity index (χ4v) is 2.67. The van der Waals surface area contributed by atoms with Gasteiger partial charge in [-0.3, -0.25) is 9.55 Å². The van der Waals surface area contributed by atoms with Crippen LogP contribution in [0.15, 0.2) is 45.3 Å². The fourth-order valence-electron chi connectivity index (χ4n) is 1.75. The predicted molar refractivity (Wildman–Crippen MR) is 74.1 cm³/mol. The van der Waals surface area contributed by atoms with Crippen LogP contribution in [0.4, 0.5) is 5.69 Å². The maximum atomic E-state index is 11.3. The highest BCUT2D eigenvalue weighted by molar-refractivity contribution is 7.99. The first-order valence-corrected chi connectivity index (χ1v) is 6.40. The van der Waals surface area contributed by atoms with Gasteiger partial charge in [-0.25, -0.2) is 9.89 Å². The summed E-state index contributed by atoms with van der Waals surface area (Å²) in [4.78, 5) is 16.6. The van der Waals surface area contributed by atoms with Gasteiger partial charge in [0, 0.05) is 29.2 Å². The molecule has 0 aliphatic rings. The summed E-state index contributed by atoms with van der Waals surface area (Å²) in [6.07, 6.45) is 1.72. The number of rotatable bonds is 2. The van der Waals surface area contributed by atoms with Crippen LogP contribution in [0.2, 0.25) is 0 Å². The molecule has 0 fully saturated rings. The van der Waals surface area contributed by atoms with Gasteiger partial charge in [0.2, 0.25) is 0 Å². The van der Waals surface area contributed by atoms with Gasteiger partial charge in [-0.15, -0.1) is 5.10 Å². The van der Waals surface area contributed by atoms with E-state index in [-0.39, 0.29) is 5.69 Å². The van der Waals surface area contributed by atoms with E-state index in [4.69, 9.17) is 5.73 Å². The van der Waals surface area contributed by atoms with Gasteiger partial charge in [-0.05, 0) is 36.0 Å². The largest absolute Gasteiger partial charge is 0.399 e. The van der Waals surface area contributed by atoms with Gasteiger partial charge < -0.3 is 5.73 Å². The lowest BCUT2D eigenvalue weighted by molar-refractivity contribution is 0.766. The number of pyridine rings is 1. The monoisotopic (exact) mass is 273 g/mol. The molecule has 3 rings (SSSR count). The van der Waals surface area contributed by atoms with Gasteiger partial charge in [0.05, 0.1) is 5.52 Å². The maximum Gasteiger partial charge on any atom is 0.343 e. The molecule has 6 nitrogen and oxygen atoms in total. The number of nitrogens with one attached hydrogen (secondary N) is 1. The zero-order chi connectivity index (χ0) is 13.4. The second kappa shape index (κ2) is 4.43. The van der Waals surface area contributed by atoms with Crippen LogP contribution in [0.1, 0.15) is 0 Å². The number of nitrogens with zero attached hydrogens (tertiary/aromatic N) is 3. The number of nitrogens with two attached hydrogens (primary N) is 1. The topological polar surface area (TPSA) is 89.6 Å². The third-order valence-electron chi connectivity index (χ3n) is 2.77. The van der Waals surface area contributed by atoms with Gasteiger partial charge in [0.25, 0.3) is 0 Å². The Kier molecular flexibility index (Phi) is 2.75. The molecule has 96 valence electrons. The van der Waals surface area contributed by atoms with Crippen molar-refractivity contribution in [2.75, 3.05) is 5.73 Å². The number of aromatic nitrogens is 4. The van der Waals surface area contributed by atoms with E-state index in [1.54, 1.807) is 13.2 Å². The van der Waals surface area contributed by atoms with Crippen molar-refractivity contribution in [1.82, 2.24) is 19.7 Å². The molecule has 19 heavy (non-hydrogen) atoms. The second-order valence-electron chi connectivity index (χ2n) is 4.06. The number of anilines is 1. The van der Waals surface area contributed by atoms with E-state index >= 15 is 0 Å².